The SMILES string of the molecule is CCCCCCCCc1ccc(-c2ccc(C(=O)N(C)[C@H](CO)C(=O)N[C@H](C)C(=O)NCC(=O)N(C)[C@@H]3C(=O)N[C@@H](C)C(=O)N[C@H](C(=O)O)CC4=CC[C@H](O)C(=C4)C4=C(O)C=C[C@H]3C4)cc2)cc1. The number of benzene rings is 2. The number of carboxylic acid groups (broad SMARTS) is 1. The standard InChI is InChI=1S/C51H66N6O11/c1-6-7-8-9-10-11-12-32-13-16-34(17-14-32)35-18-20-36(21-19-35)50(66)56(4)41(29-58)48(64)53-30(2)46(62)52-28-44(61)57(5)45-37-22-24-43(60)39(27-37)38-25-33(15-23-42(38)59)26-40(51(67)68)55-47(63)31(3)54-49(45)65/h13-22,24-25,30-31,37,40-42,45,58-60H,6-12,23,26-29H2,1-5H3,(H,52,62)(H,53,64)(H,54,65)(H,55,63)(H,67,68)/t30-,31+,37+,40+,41-,42+,45+/m1/s1. The molecule has 3 aliphatic rings. The second-order valence-electron chi connectivity index (χ2n) is 17.9. The number of aliphatic hydroxyl groups is 3. The van der Waals surface area contributed by atoms with Crippen LogP contribution in [-0.4, -0.2) is 135 Å². The number of unbranched alkanes of at least 4 members (excludes halogenated alkanes) is 5. The zero-order chi connectivity index (χ0) is 49.7. The second-order valence-corrected chi connectivity index (χ2v) is 17.9. The third-order valence-electron chi connectivity index (χ3n) is 12.9. The van der Waals surface area contributed by atoms with E-state index in [0.717, 1.165) is 33.8 Å². The number of likely N-dealkylation sites (N-methyl/N-ethyl adjacent to an activating group) is 2. The molecule has 0 saturated heterocycles. The van der Waals surface area contributed by atoms with E-state index < -0.39 is 96.8 Å². The number of nitrogens with one attached hydrogen (secondary N) is 4. The van der Waals surface area contributed by atoms with Gasteiger partial charge < -0.3 is 51.5 Å². The molecule has 0 fully saturated rings. The van der Waals surface area contributed by atoms with Crippen LogP contribution in [0.1, 0.15) is 94.5 Å². The van der Waals surface area contributed by atoms with Crippen LogP contribution >= 0.6 is 0 Å². The van der Waals surface area contributed by atoms with Crippen molar-refractivity contribution in [2.24, 2.45) is 5.92 Å². The Labute approximate surface area is 397 Å². The van der Waals surface area contributed by atoms with Crippen LogP contribution in [0.15, 0.2) is 95.3 Å². The quantitative estimate of drug-likeness (QED) is 0.100. The molecule has 68 heavy (non-hydrogen) atoms. The fraction of sp³-hybridized carbons (Fsp3) is 0.471. The Balaban J connectivity index is 1.19. The van der Waals surface area contributed by atoms with Crippen molar-refractivity contribution in [2.45, 2.75) is 121 Å². The van der Waals surface area contributed by atoms with E-state index in [9.17, 15) is 54.0 Å². The van der Waals surface area contributed by atoms with E-state index >= 15 is 0 Å². The fourth-order valence-corrected chi connectivity index (χ4v) is 8.61. The molecule has 366 valence electrons. The fourth-order valence-electron chi connectivity index (χ4n) is 8.61. The first-order chi connectivity index (χ1) is 32.4. The van der Waals surface area contributed by atoms with Gasteiger partial charge >= 0.3 is 5.97 Å². The van der Waals surface area contributed by atoms with Gasteiger partial charge in [0.15, 0.2) is 0 Å². The molecule has 4 bridgehead atoms. The van der Waals surface area contributed by atoms with E-state index in [2.05, 4.69) is 52.5 Å². The minimum Gasteiger partial charge on any atom is -0.508 e. The zero-order valence-corrected chi connectivity index (χ0v) is 39.5. The van der Waals surface area contributed by atoms with E-state index in [-0.39, 0.29) is 36.2 Å². The number of carbonyl (C=O) groups excluding carboxylic acids is 6. The molecule has 7 atom stereocenters. The molecule has 2 aromatic carbocycles. The van der Waals surface area contributed by atoms with Gasteiger partial charge in [-0.05, 0) is 85.6 Å². The predicted octanol–water partition coefficient (Wildman–Crippen LogP) is 3.62. The highest BCUT2D eigenvalue weighted by atomic mass is 16.4. The van der Waals surface area contributed by atoms with Gasteiger partial charge in [0, 0.05) is 37.6 Å². The zero-order valence-electron chi connectivity index (χ0n) is 39.5. The summed E-state index contributed by atoms with van der Waals surface area (Å²) in [5.41, 5.74) is 4.55. The lowest BCUT2D eigenvalue weighted by Crippen LogP contribution is -2.58. The summed E-state index contributed by atoms with van der Waals surface area (Å²) in [4.78, 5) is 95.3. The molecule has 0 radical (unpaired) electrons. The average Bonchev–Trinajstić information content (AvgIpc) is 3.32. The Morgan fingerprint density at radius 1 is 0.868 bits per heavy atom. The lowest BCUT2D eigenvalue weighted by Gasteiger charge is -2.36. The number of aliphatic hydroxyl groups excluding tert-OH is 3. The molecule has 17 nitrogen and oxygen atoms in total. The summed E-state index contributed by atoms with van der Waals surface area (Å²) in [7, 11) is 2.69. The number of nitrogens with zero attached hydrogens (tertiary/aromatic N) is 2. The van der Waals surface area contributed by atoms with Crippen molar-refractivity contribution in [3.8, 4) is 11.1 Å². The molecule has 2 aliphatic carbocycles. The van der Waals surface area contributed by atoms with Crippen LogP contribution in [0.5, 0.6) is 0 Å². The first kappa shape index (κ1) is 52.4. The number of aliphatic carboxylic acids is 1. The summed E-state index contributed by atoms with van der Waals surface area (Å²) >= 11 is 0. The molecule has 8 N–H and O–H groups in total. The van der Waals surface area contributed by atoms with Crippen molar-refractivity contribution < 1.29 is 54.0 Å². The van der Waals surface area contributed by atoms with Gasteiger partial charge in [-0.3, -0.25) is 28.8 Å². The largest absolute Gasteiger partial charge is 0.508 e. The van der Waals surface area contributed by atoms with Crippen LogP contribution in [-0.2, 0) is 35.2 Å². The number of rotatable bonds is 18. The first-order valence-electron chi connectivity index (χ1n) is 23.4. The van der Waals surface area contributed by atoms with Crippen LogP contribution in [0.25, 0.3) is 11.1 Å². The summed E-state index contributed by atoms with van der Waals surface area (Å²) in [5, 5.41) is 51.9. The molecule has 0 saturated carbocycles. The molecule has 1 heterocycles. The van der Waals surface area contributed by atoms with Gasteiger partial charge in [0.2, 0.25) is 29.5 Å². The minimum atomic E-state index is -1.38. The lowest BCUT2D eigenvalue weighted by atomic mass is 9.79. The Morgan fingerprint density at radius 3 is 2.16 bits per heavy atom. The van der Waals surface area contributed by atoms with Crippen molar-refractivity contribution in [1.29, 1.82) is 0 Å². The molecular weight excluding hydrogens is 873 g/mol. The van der Waals surface area contributed by atoms with E-state index in [1.807, 2.05) is 12.1 Å². The van der Waals surface area contributed by atoms with Gasteiger partial charge in [-0.25, -0.2) is 4.79 Å². The molecule has 0 spiro atoms. The van der Waals surface area contributed by atoms with Gasteiger partial charge in [0.1, 0.15) is 36.0 Å². The Hall–Kier alpha value is -6.59. The van der Waals surface area contributed by atoms with Gasteiger partial charge in [0.05, 0.1) is 19.3 Å². The van der Waals surface area contributed by atoms with Crippen LogP contribution in [0, 0.1) is 5.92 Å². The van der Waals surface area contributed by atoms with Crippen LogP contribution in [0.3, 0.4) is 0 Å². The number of hydrogen-bond donors (Lipinski definition) is 8. The number of aryl methyl sites for hydroxylation is 1. The maximum atomic E-state index is 14.0. The number of hydrogen-bond acceptors (Lipinski definition) is 10. The van der Waals surface area contributed by atoms with Crippen molar-refractivity contribution in [2.75, 3.05) is 27.2 Å². The molecule has 0 aromatic heterocycles. The van der Waals surface area contributed by atoms with Gasteiger partial charge in [-0.15, -0.1) is 0 Å². The third kappa shape index (κ3) is 13.5. The molecule has 5 rings (SSSR count). The number of carbonyl (C=O) groups is 7. The monoisotopic (exact) mass is 938 g/mol. The lowest BCUT2D eigenvalue weighted by molar-refractivity contribution is -0.143. The Kier molecular flexibility index (Phi) is 18.8. The highest BCUT2D eigenvalue weighted by Gasteiger charge is 2.39. The summed E-state index contributed by atoms with van der Waals surface area (Å²) < 4.78 is 0. The van der Waals surface area contributed by atoms with Crippen molar-refractivity contribution in [3.63, 3.8) is 0 Å². The van der Waals surface area contributed by atoms with E-state index in [0.29, 0.717) is 11.1 Å². The highest BCUT2D eigenvalue weighted by Crippen LogP contribution is 2.36. The van der Waals surface area contributed by atoms with Crippen molar-refractivity contribution in [1.82, 2.24) is 31.1 Å². The van der Waals surface area contributed by atoms with Crippen molar-refractivity contribution in [3.05, 3.63) is 106 Å². The van der Waals surface area contributed by atoms with Crippen LogP contribution in [0.4, 0.5) is 0 Å². The number of allylic oxidation sites excluding steroid dienone is 2. The molecule has 0 unspecified atom stereocenters. The smallest absolute Gasteiger partial charge is 0.326 e. The Bertz CT molecular complexity index is 2300. The number of fused-ring (bicyclic) bond motifs is 4. The Morgan fingerprint density at radius 2 is 1.51 bits per heavy atom. The van der Waals surface area contributed by atoms with Crippen LogP contribution < -0.4 is 21.3 Å². The minimum absolute atomic E-state index is 0.0331. The molecule has 2 aromatic rings. The van der Waals surface area contributed by atoms with Gasteiger partial charge in [-0.2, -0.15) is 0 Å². The summed E-state index contributed by atoms with van der Waals surface area (Å²) in [6.07, 6.45) is 13.4. The van der Waals surface area contributed by atoms with E-state index in [4.69, 9.17) is 0 Å². The molecule has 6 amide bonds. The molecular formula is C51H66N6O11. The maximum Gasteiger partial charge on any atom is 0.326 e. The highest BCUT2D eigenvalue weighted by molar-refractivity contribution is 5.99. The van der Waals surface area contributed by atoms with E-state index in [1.54, 1.807) is 24.3 Å². The first-order valence-corrected chi connectivity index (χ1v) is 23.4. The number of amides is 6. The molecule has 1 aliphatic heterocycles. The average molecular weight is 939 g/mol. The summed E-state index contributed by atoms with van der Waals surface area (Å²) in [5.74, 6) is -6.79. The molecule has 17 heteroatoms. The predicted molar refractivity (Wildman–Crippen MR) is 255 cm³/mol. The number of carboxylic acids is 1. The van der Waals surface area contributed by atoms with Crippen molar-refractivity contribution >= 4 is 41.4 Å². The van der Waals surface area contributed by atoms with E-state index in [1.165, 1.54) is 77.8 Å². The maximum absolute atomic E-state index is 14.0. The third-order valence-corrected chi connectivity index (χ3v) is 12.9. The second kappa shape index (κ2) is 24.4. The van der Waals surface area contributed by atoms with Gasteiger partial charge in [0.25, 0.3) is 5.91 Å². The summed E-state index contributed by atoms with van der Waals surface area (Å²) in [6.45, 7) is 3.53. The van der Waals surface area contributed by atoms with Crippen LogP contribution in [0.2, 0.25) is 0 Å². The van der Waals surface area contributed by atoms with Gasteiger partial charge in [-0.1, -0.05) is 93.7 Å². The topological polar surface area (TPSA) is 255 Å². The normalized spacial score (nSPS) is 21.4. The summed E-state index contributed by atoms with van der Waals surface area (Å²) in [6, 6.07) is 8.70.